The molecule has 0 bridgehead atoms. The maximum absolute atomic E-state index is 13.1. The smallest absolute Gasteiger partial charge is 0.359 e. The zero-order valence-corrected chi connectivity index (χ0v) is 21.0. The van der Waals surface area contributed by atoms with Crippen LogP contribution >= 0.6 is 0 Å². The molecule has 0 aliphatic carbocycles. The Morgan fingerprint density at radius 1 is 1.13 bits per heavy atom. The van der Waals surface area contributed by atoms with Crippen LogP contribution in [0.5, 0.6) is 0 Å². The molecule has 0 spiro atoms. The van der Waals surface area contributed by atoms with Gasteiger partial charge in [0.1, 0.15) is 23.8 Å². The van der Waals surface area contributed by atoms with Crippen molar-refractivity contribution in [3.05, 3.63) is 100 Å². The summed E-state index contributed by atoms with van der Waals surface area (Å²) in [5, 5.41) is 13.3. The first-order chi connectivity index (χ1) is 18.6. The van der Waals surface area contributed by atoms with Crippen molar-refractivity contribution in [2.75, 3.05) is 33.2 Å². The highest BCUT2D eigenvalue weighted by molar-refractivity contribution is 6.10. The SMILES string of the molecule is CN1CCNCC1.N=C(/C=C(\c1ncc(C=O)[nH]1)C(F)(F)F)c1ccc(F)cc1.O=NOCc1ccccc1. The largest absolute Gasteiger partial charge is 0.420 e. The highest BCUT2D eigenvalue weighted by atomic mass is 19.4. The van der Waals surface area contributed by atoms with Crippen molar-refractivity contribution < 1.29 is 27.2 Å². The molecule has 4 rings (SSSR count). The number of hydrogen-bond donors (Lipinski definition) is 3. The molecule has 1 aromatic heterocycles. The van der Waals surface area contributed by atoms with Gasteiger partial charge in [0.2, 0.25) is 0 Å². The predicted octanol–water partition coefficient (Wildman–Crippen LogP) is 4.78. The van der Waals surface area contributed by atoms with Crippen molar-refractivity contribution >= 4 is 17.6 Å². The minimum atomic E-state index is -4.77. The van der Waals surface area contributed by atoms with E-state index in [-0.39, 0.29) is 17.9 Å². The summed E-state index contributed by atoms with van der Waals surface area (Å²) in [6, 6.07) is 13.9. The lowest BCUT2D eigenvalue weighted by molar-refractivity contribution is -0.0693. The molecule has 39 heavy (non-hydrogen) atoms. The molecule has 2 heterocycles. The van der Waals surface area contributed by atoms with E-state index < -0.39 is 29.1 Å². The second-order valence-electron chi connectivity index (χ2n) is 8.17. The Hall–Kier alpha value is -4.23. The van der Waals surface area contributed by atoms with Gasteiger partial charge in [-0.15, -0.1) is 4.91 Å². The highest BCUT2D eigenvalue weighted by Crippen LogP contribution is 2.32. The second kappa shape index (κ2) is 15.9. The van der Waals surface area contributed by atoms with Crippen molar-refractivity contribution in [1.29, 1.82) is 5.41 Å². The van der Waals surface area contributed by atoms with E-state index in [2.05, 4.69) is 37.4 Å². The van der Waals surface area contributed by atoms with Crippen molar-refractivity contribution in [1.82, 2.24) is 20.2 Å². The summed E-state index contributed by atoms with van der Waals surface area (Å²) in [5.41, 5.74) is -0.711. The molecule has 0 amide bonds. The first kappa shape index (κ1) is 31.0. The predicted molar refractivity (Wildman–Crippen MR) is 139 cm³/mol. The number of aldehydes is 1. The lowest BCUT2D eigenvalue weighted by atomic mass is 10.1. The van der Waals surface area contributed by atoms with Crippen molar-refractivity contribution in [3.63, 3.8) is 0 Å². The number of allylic oxidation sites excluding steroid dienone is 2. The van der Waals surface area contributed by atoms with Gasteiger partial charge in [-0.2, -0.15) is 13.2 Å². The van der Waals surface area contributed by atoms with Gasteiger partial charge in [-0.05, 0) is 48.5 Å². The monoisotopic (exact) mass is 548 g/mol. The Morgan fingerprint density at radius 3 is 2.26 bits per heavy atom. The molecule has 0 radical (unpaired) electrons. The summed E-state index contributed by atoms with van der Waals surface area (Å²) in [6.45, 7) is 5.00. The van der Waals surface area contributed by atoms with Gasteiger partial charge in [0, 0.05) is 26.2 Å². The Kier molecular flexibility index (Phi) is 12.6. The lowest BCUT2D eigenvalue weighted by Gasteiger charge is -2.21. The number of imidazole rings is 1. The Labute approximate surface area is 222 Å². The molecule has 1 aliphatic rings. The molecule has 208 valence electrons. The fourth-order valence-corrected chi connectivity index (χ4v) is 3.13. The van der Waals surface area contributed by atoms with Crippen LogP contribution in [-0.4, -0.2) is 66.3 Å². The maximum Gasteiger partial charge on any atom is 0.420 e. The fourth-order valence-electron chi connectivity index (χ4n) is 3.13. The number of carbonyl (C=O) groups is 1. The number of halogens is 4. The van der Waals surface area contributed by atoms with Crippen molar-refractivity contribution in [2.45, 2.75) is 12.8 Å². The molecule has 0 atom stereocenters. The van der Waals surface area contributed by atoms with Gasteiger partial charge in [-0.3, -0.25) is 4.79 Å². The highest BCUT2D eigenvalue weighted by Gasteiger charge is 2.37. The number of nitrogens with zero attached hydrogens (tertiary/aromatic N) is 3. The van der Waals surface area contributed by atoms with Gasteiger partial charge in [-0.1, -0.05) is 30.3 Å². The standard InChI is InChI=1S/C14H9F4N3O.C7H7NO2.C5H12N2/c15-9-3-1-8(2-4-9)12(19)5-11(14(16,17)18)13-20-6-10(7-22)21-13;9-8-10-6-7-4-2-1-3-5-7;1-7-4-2-6-3-5-7/h1-7,19H,(H,20,21);1-5H,6H2;6H,2-5H2,1H3/b11-5+,19-12?;;. The van der Waals surface area contributed by atoms with Crippen molar-refractivity contribution in [3.8, 4) is 0 Å². The molecule has 3 N–H and O–H groups in total. The number of hydrogen-bond acceptors (Lipinski definition) is 8. The molecule has 13 heteroatoms. The first-order valence-corrected chi connectivity index (χ1v) is 11.7. The van der Waals surface area contributed by atoms with Crippen LogP contribution in [0.15, 0.2) is 72.2 Å². The number of aromatic nitrogens is 2. The number of H-pyrrole nitrogens is 1. The molecule has 1 fully saturated rings. The van der Waals surface area contributed by atoms with Crippen LogP contribution in [0.4, 0.5) is 17.6 Å². The Bertz CT molecular complexity index is 1210. The summed E-state index contributed by atoms with van der Waals surface area (Å²) in [7, 11) is 2.15. The van der Waals surface area contributed by atoms with Crippen LogP contribution in [0.2, 0.25) is 0 Å². The minimum Gasteiger partial charge on any atom is -0.359 e. The summed E-state index contributed by atoms with van der Waals surface area (Å²) in [4.78, 5) is 32.3. The lowest BCUT2D eigenvalue weighted by Crippen LogP contribution is -2.40. The average molecular weight is 549 g/mol. The summed E-state index contributed by atoms with van der Waals surface area (Å²) in [5.74, 6) is -1.13. The van der Waals surface area contributed by atoms with Gasteiger partial charge in [0.25, 0.3) is 0 Å². The molecular weight excluding hydrogens is 520 g/mol. The third-order valence-corrected chi connectivity index (χ3v) is 5.19. The summed E-state index contributed by atoms with van der Waals surface area (Å²) in [6.07, 6.45) is -2.91. The first-order valence-electron chi connectivity index (χ1n) is 11.7. The zero-order chi connectivity index (χ0) is 28.7. The number of nitrogens with one attached hydrogen (secondary N) is 3. The molecular formula is C26H28F4N6O3. The van der Waals surface area contributed by atoms with E-state index in [0.717, 1.165) is 37.0 Å². The van der Waals surface area contributed by atoms with Gasteiger partial charge >= 0.3 is 6.18 Å². The number of carbonyl (C=O) groups excluding carboxylic acids is 1. The molecule has 2 aromatic carbocycles. The molecule has 0 unspecified atom stereocenters. The maximum atomic E-state index is 13.1. The molecule has 0 saturated carbocycles. The quantitative estimate of drug-likeness (QED) is 0.128. The summed E-state index contributed by atoms with van der Waals surface area (Å²) >= 11 is 0. The van der Waals surface area contributed by atoms with Gasteiger partial charge in [0.05, 0.1) is 17.6 Å². The molecule has 1 aliphatic heterocycles. The molecule has 1 saturated heterocycles. The van der Waals surface area contributed by atoms with Crippen LogP contribution in [0.3, 0.4) is 0 Å². The minimum absolute atomic E-state index is 0.113. The average Bonchev–Trinajstić information content (AvgIpc) is 3.41. The van der Waals surface area contributed by atoms with Crippen LogP contribution in [0.1, 0.15) is 27.4 Å². The van der Waals surface area contributed by atoms with E-state index in [1.807, 2.05) is 30.3 Å². The Balaban J connectivity index is 0.000000256. The van der Waals surface area contributed by atoms with Gasteiger partial charge in [0.15, 0.2) is 11.6 Å². The van der Waals surface area contributed by atoms with Crippen LogP contribution in [-0.2, 0) is 11.4 Å². The van der Waals surface area contributed by atoms with E-state index in [9.17, 15) is 27.3 Å². The number of rotatable bonds is 7. The van der Waals surface area contributed by atoms with Gasteiger partial charge in [-0.25, -0.2) is 9.37 Å². The van der Waals surface area contributed by atoms with E-state index in [1.54, 1.807) is 0 Å². The van der Waals surface area contributed by atoms with Gasteiger partial charge < -0.3 is 25.4 Å². The fraction of sp³-hybridized carbons (Fsp3) is 0.269. The number of likely N-dealkylation sites (N-methyl/N-ethyl adjacent to an activating group) is 1. The molecule has 3 aromatic rings. The normalized spacial score (nSPS) is 13.7. The van der Waals surface area contributed by atoms with E-state index in [1.165, 1.54) is 25.2 Å². The third kappa shape index (κ3) is 11.4. The van der Waals surface area contributed by atoms with Crippen molar-refractivity contribution in [2.24, 2.45) is 5.34 Å². The number of alkyl halides is 3. The van der Waals surface area contributed by atoms with E-state index >= 15 is 0 Å². The Morgan fingerprint density at radius 2 is 1.77 bits per heavy atom. The van der Waals surface area contributed by atoms with Crippen LogP contribution < -0.4 is 5.32 Å². The van der Waals surface area contributed by atoms with E-state index in [0.29, 0.717) is 12.4 Å². The van der Waals surface area contributed by atoms with E-state index in [4.69, 9.17) is 5.41 Å². The number of aromatic amines is 1. The summed E-state index contributed by atoms with van der Waals surface area (Å²) < 4.78 is 52.1. The number of benzene rings is 2. The van der Waals surface area contributed by atoms with Crippen LogP contribution in [0, 0.1) is 16.1 Å². The topological polar surface area (TPSA) is 124 Å². The number of piperazine rings is 1. The van der Waals surface area contributed by atoms with Crippen LogP contribution in [0.25, 0.3) is 5.57 Å². The second-order valence-corrected chi connectivity index (χ2v) is 8.17. The zero-order valence-electron chi connectivity index (χ0n) is 21.0. The third-order valence-electron chi connectivity index (χ3n) is 5.19. The molecule has 9 nitrogen and oxygen atoms in total.